The molecule has 7 heavy (non-hydrogen) atoms. The molecule has 0 rings (SSSR count). The molecule has 0 aliphatic carbocycles. The standard InChI is InChI=1S/H3O4PS2/c1-6(2)7(3,4)5/h5H2,(H,1,2)/p-1. The Kier molecular flexibility index (Phi) is 2.32. The molecule has 0 radical (unpaired) electrons. The van der Waals surface area contributed by atoms with Gasteiger partial charge in [0, 0.05) is 8.44 Å². The van der Waals surface area contributed by atoms with Crippen LogP contribution in [0.1, 0.15) is 0 Å². The summed E-state index contributed by atoms with van der Waals surface area (Å²) in [6.45, 7) is 0. The van der Waals surface area contributed by atoms with Crippen molar-refractivity contribution in [1.29, 1.82) is 0 Å². The smallest absolute Gasteiger partial charge is 0.227 e. The Labute approximate surface area is 44.9 Å². The second kappa shape index (κ2) is 2.17. The van der Waals surface area contributed by atoms with Crippen LogP contribution >= 0.6 is 8.44 Å². The molecule has 0 aliphatic rings. The molecule has 0 spiro atoms. The van der Waals surface area contributed by atoms with Gasteiger partial charge in [-0.05, 0) is 0 Å². The van der Waals surface area contributed by atoms with Crippen LogP contribution in [0.15, 0.2) is 0 Å². The SMILES string of the molecule is O=S([O-])S(=O)(=O)P. The Morgan fingerprint density at radius 2 is 1.71 bits per heavy atom. The molecule has 0 aliphatic heterocycles. The van der Waals surface area contributed by atoms with Crippen molar-refractivity contribution in [3.05, 3.63) is 0 Å². The molecule has 0 aromatic carbocycles. The van der Waals surface area contributed by atoms with Crippen LogP contribution in [0, 0.1) is 0 Å². The number of hydrogen-bond acceptors (Lipinski definition) is 4. The van der Waals surface area contributed by atoms with Crippen LogP contribution in [0.2, 0.25) is 0 Å². The van der Waals surface area contributed by atoms with Crippen molar-refractivity contribution in [2.75, 3.05) is 0 Å². The molecule has 44 valence electrons. The predicted molar refractivity (Wildman–Crippen MR) is 27.5 cm³/mol. The van der Waals surface area contributed by atoms with Crippen molar-refractivity contribution < 1.29 is 17.2 Å². The molecule has 0 N–H and O–H groups in total. The van der Waals surface area contributed by atoms with Gasteiger partial charge in [0.1, 0.15) is 0 Å². The normalized spacial score (nSPS) is 16.3. The lowest BCUT2D eigenvalue weighted by molar-refractivity contribution is 0.543. The molecule has 7 heteroatoms. The first kappa shape index (κ1) is 7.49. The van der Waals surface area contributed by atoms with E-state index in [2.05, 4.69) is 0 Å². The lowest BCUT2D eigenvalue weighted by Crippen LogP contribution is -1.95. The van der Waals surface area contributed by atoms with Gasteiger partial charge in [-0.15, -0.1) is 0 Å². The van der Waals surface area contributed by atoms with E-state index in [1.165, 1.54) is 8.44 Å². The molecule has 4 nitrogen and oxygen atoms in total. The molecule has 0 fully saturated rings. The molecular formula is H2O4PS2-. The van der Waals surface area contributed by atoms with Crippen LogP contribution in [0.5, 0.6) is 0 Å². The van der Waals surface area contributed by atoms with Crippen LogP contribution in [-0.2, 0) is 18.6 Å². The molecule has 0 aromatic rings. The lowest BCUT2D eigenvalue weighted by atomic mass is 15.9. The number of hydrogen-bond donors (Lipinski definition) is 0. The zero-order valence-electron chi connectivity index (χ0n) is 3.03. The summed E-state index contributed by atoms with van der Waals surface area (Å²) in [6, 6.07) is 0. The van der Waals surface area contributed by atoms with E-state index >= 15 is 0 Å². The van der Waals surface area contributed by atoms with E-state index in [0.717, 1.165) is 0 Å². The van der Waals surface area contributed by atoms with Gasteiger partial charge in [-0.3, -0.25) is 4.21 Å². The third kappa shape index (κ3) is 3.11. The number of rotatable bonds is 1. The molecule has 0 heterocycles. The summed E-state index contributed by atoms with van der Waals surface area (Å²) in [5, 5.41) is 0. The van der Waals surface area contributed by atoms with E-state index in [1.807, 2.05) is 0 Å². The monoisotopic (exact) mass is 161 g/mol. The third-order valence-electron chi connectivity index (χ3n) is 0.190. The van der Waals surface area contributed by atoms with Crippen molar-refractivity contribution in [2.24, 2.45) is 0 Å². The highest BCUT2D eigenvalue weighted by molar-refractivity contribution is 8.81. The van der Waals surface area contributed by atoms with Gasteiger partial charge in [-0.1, -0.05) is 0 Å². The van der Waals surface area contributed by atoms with E-state index in [0.29, 0.717) is 0 Å². The van der Waals surface area contributed by atoms with Gasteiger partial charge in [-0.2, -0.15) is 0 Å². The summed E-state index contributed by atoms with van der Waals surface area (Å²) >= 11 is 0. The fourth-order valence-electron chi connectivity index (χ4n) is 0. The van der Waals surface area contributed by atoms with Crippen molar-refractivity contribution >= 4 is 27.0 Å². The second-order valence-electron chi connectivity index (χ2n) is 0.697. The van der Waals surface area contributed by atoms with Crippen LogP contribution in [0.4, 0.5) is 0 Å². The first-order valence-corrected chi connectivity index (χ1v) is 5.62. The predicted octanol–water partition coefficient (Wildman–Crippen LogP) is -1.01. The van der Waals surface area contributed by atoms with Gasteiger partial charge in [0.05, 0.1) is 10.1 Å². The average Bonchev–Trinajstić information content (AvgIpc) is 1.31. The van der Waals surface area contributed by atoms with Gasteiger partial charge in [-0.25, -0.2) is 8.42 Å². The zero-order chi connectivity index (χ0) is 6.08. The molecule has 2 unspecified atom stereocenters. The molecule has 0 aromatic heterocycles. The van der Waals surface area contributed by atoms with Crippen molar-refractivity contribution in [3.8, 4) is 0 Å². The Morgan fingerprint density at radius 3 is 1.71 bits per heavy atom. The van der Waals surface area contributed by atoms with E-state index < -0.39 is 18.6 Å². The fourth-order valence-corrected chi connectivity index (χ4v) is 0. The largest absolute Gasteiger partial charge is 0.760 e. The molecule has 0 saturated heterocycles. The minimum Gasteiger partial charge on any atom is -0.760 e. The van der Waals surface area contributed by atoms with Gasteiger partial charge in [0.25, 0.3) is 0 Å². The van der Waals surface area contributed by atoms with Crippen molar-refractivity contribution in [1.82, 2.24) is 0 Å². The highest BCUT2D eigenvalue weighted by Crippen LogP contribution is 2.02. The second-order valence-corrected chi connectivity index (χ2v) is 7.19. The topological polar surface area (TPSA) is 74.3 Å². The van der Waals surface area contributed by atoms with Gasteiger partial charge in [0.15, 0.2) is 0 Å². The first-order valence-electron chi connectivity index (χ1n) is 1.07. The first-order chi connectivity index (χ1) is 2.94. The summed E-state index contributed by atoms with van der Waals surface area (Å²) in [5.74, 6) is 0. The fraction of sp³-hybridized carbons (Fsp3) is 0. The van der Waals surface area contributed by atoms with Crippen LogP contribution < -0.4 is 0 Å². The molecular weight excluding hydrogens is 159 g/mol. The van der Waals surface area contributed by atoms with E-state index in [4.69, 9.17) is 0 Å². The van der Waals surface area contributed by atoms with E-state index in [1.54, 1.807) is 0 Å². The Morgan fingerprint density at radius 1 is 1.57 bits per heavy atom. The molecule has 0 bridgehead atoms. The lowest BCUT2D eigenvalue weighted by Gasteiger charge is -1.96. The Bertz CT molecular complexity index is 164. The summed E-state index contributed by atoms with van der Waals surface area (Å²) in [7, 11) is -5.71. The van der Waals surface area contributed by atoms with Gasteiger partial charge in [0.2, 0.25) is 8.49 Å². The van der Waals surface area contributed by atoms with Crippen LogP contribution in [0.25, 0.3) is 0 Å². The van der Waals surface area contributed by atoms with Crippen LogP contribution in [0.3, 0.4) is 0 Å². The summed E-state index contributed by atoms with van der Waals surface area (Å²) < 4.78 is 38.2. The maximum absolute atomic E-state index is 9.68. The highest BCUT2D eigenvalue weighted by atomic mass is 33.4. The van der Waals surface area contributed by atoms with Crippen molar-refractivity contribution in [2.45, 2.75) is 0 Å². The minimum absolute atomic E-state index is 1.19. The Balaban J connectivity index is 4.43. The quantitative estimate of drug-likeness (QED) is 0.280. The highest BCUT2D eigenvalue weighted by Gasteiger charge is 1.97. The summed E-state index contributed by atoms with van der Waals surface area (Å²) in [5.41, 5.74) is 0. The maximum Gasteiger partial charge on any atom is 0.227 e. The third-order valence-corrected chi connectivity index (χ3v) is 3.12. The Hall–Kier alpha value is 0.490. The minimum atomic E-state index is -3.91. The molecule has 0 amide bonds. The van der Waals surface area contributed by atoms with E-state index in [-0.39, 0.29) is 0 Å². The van der Waals surface area contributed by atoms with Gasteiger partial charge < -0.3 is 4.55 Å². The van der Waals surface area contributed by atoms with E-state index in [9.17, 15) is 17.2 Å². The van der Waals surface area contributed by atoms with Gasteiger partial charge >= 0.3 is 0 Å². The summed E-state index contributed by atoms with van der Waals surface area (Å²) in [6.07, 6.45) is 0. The van der Waals surface area contributed by atoms with Crippen LogP contribution in [-0.4, -0.2) is 17.2 Å². The molecule has 0 saturated carbocycles. The maximum atomic E-state index is 9.68. The van der Waals surface area contributed by atoms with Crippen molar-refractivity contribution in [3.63, 3.8) is 0 Å². The summed E-state index contributed by atoms with van der Waals surface area (Å²) in [4.78, 5) is 0. The molecule has 2 atom stereocenters. The zero-order valence-corrected chi connectivity index (χ0v) is 5.81. The average molecular weight is 161 g/mol.